The minimum absolute atomic E-state index is 0.00233. The lowest BCUT2D eigenvalue weighted by atomic mass is 9.44. The highest BCUT2D eigenvalue weighted by Crippen LogP contribution is 2.68. The van der Waals surface area contributed by atoms with Gasteiger partial charge in [-0.05, 0) is 111 Å². The molecule has 0 unspecified atom stereocenters. The van der Waals surface area contributed by atoms with E-state index in [-0.39, 0.29) is 36.7 Å². The SMILES string of the molecule is C[C@H](CCCOS(=O)(=O)[O-])[C@H]1CC[C@H]2[C@@H]3CC[C@H]4C[C@H](OS(=O)(=O)[O-])[C@@H](OS(=O)(=O)[O-])C[C@]4(C)[C@H]3CC[C@]12C. The Balaban J connectivity index is 1.49. The van der Waals surface area contributed by atoms with Gasteiger partial charge in [0.1, 0.15) is 12.2 Å². The van der Waals surface area contributed by atoms with Crippen LogP contribution in [0.25, 0.3) is 0 Å². The van der Waals surface area contributed by atoms with E-state index in [0.29, 0.717) is 30.1 Å². The molecule has 0 saturated heterocycles. The van der Waals surface area contributed by atoms with Crippen molar-refractivity contribution in [2.24, 2.45) is 46.3 Å². The van der Waals surface area contributed by atoms with Crippen molar-refractivity contribution in [2.75, 3.05) is 6.61 Å². The minimum atomic E-state index is -5.15. The van der Waals surface area contributed by atoms with Gasteiger partial charge in [-0.1, -0.05) is 20.8 Å². The third-order valence-electron chi connectivity index (χ3n) is 10.9. The maximum atomic E-state index is 11.5. The van der Waals surface area contributed by atoms with Crippen LogP contribution >= 0.6 is 0 Å². The molecule has 0 amide bonds. The number of hydrogen-bond acceptors (Lipinski definition) is 12. The molecule has 0 aromatic heterocycles. The maximum Gasteiger partial charge on any atom is 0.217 e. The second-order valence-electron chi connectivity index (χ2n) is 12.8. The predicted octanol–water partition coefficient (Wildman–Crippen LogP) is 2.84. The molecule has 12 nitrogen and oxygen atoms in total. The fraction of sp³-hybridized carbons (Fsp3) is 1.00. The van der Waals surface area contributed by atoms with Gasteiger partial charge in [0.2, 0.25) is 31.2 Å². The summed E-state index contributed by atoms with van der Waals surface area (Å²) in [6.07, 6.45) is 4.48. The topological polar surface area (TPSA) is 199 Å². The Bertz CT molecular complexity index is 1220. The lowest BCUT2D eigenvalue weighted by molar-refractivity contribution is -0.152. The molecule has 4 saturated carbocycles. The van der Waals surface area contributed by atoms with Crippen LogP contribution in [0.1, 0.15) is 85.0 Å². The Hall–Kier alpha value is -0.390. The van der Waals surface area contributed by atoms with Crippen molar-refractivity contribution in [3.63, 3.8) is 0 Å². The van der Waals surface area contributed by atoms with E-state index in [4.69, 9.17) is 4.18 Å². The van der Waals surface area contributed by atoms with Crippen molar-refractivity contribution in [1.29, 1.82) is 0 Å². The van der Waals surface area contributed by atoms with Gasteiger partial charge in [-0.25, -0.2) is 25.3 Å². The van der Waals surface area contributed by atoms with Gasteiger partial charge in [0.25, 0.3) is 0 Å². The predicted molar refractivity (Wildman–Crippen MR) is 134 cm³/mol. The first-order valence-corrected chi connectivity index (χ1v) is 17.7. The Morgan fingerprint density at radius 3 is 2.03 bits per heavy atom. The van der Waals surface area contributed by atoms with Gasteiger partial charge in [0.15, 0.2) is 0 Å². The molecule has 10 atom stereocenters. The minimum Gasteiger partial charge on any atom is -0.726 e. The van der Waals surface area contributed by atoms with Gasteiger partial charge < -0.3 is 13.7 Å². The first-order chi connectivity index (χ1) is 17.8. The molecule has 228 valence electrons. The zero-order valence-corrected chi connectivity index (χ0v) is 25.0. The van der Waals surface area contributed by atoms with E-state index in [1.165, 1.54) is 0 Å². The second kappa shape index (κ2) is 11.0. The van der Waals surface area contributed by atoms with Crippen LogP contribution in [0.5, 0.6) is 0 Å². The molecule has 15 heteroatoms. The van der Waals surface area contributed by atoms with E-state index in [9.17, 15) is 38.9 Å². The van der Waals surface area contributed by atoms with Gasteiger partial charge in [-0.15, -0.1) is 0 Å². The standard InChI is InChI=1S/C24H42O12S3/c1-15(5-4-12-34-37(25,26)27)18-8-9-19-17-7-6-16-13-21(35-38(28,29)30)22(36-39(31,32)33)14-24(16,3)20(17)10-11-23(18,19)2/h15-22H,4-14H2,1-3H3,(H,25,26,27)(H,28,29,30)(H,31,32,33)/p-3/t15-,16+,17+,18-,19+,20+,21+,22+,23-,24+/m1/s1. The Labute approximate surface area is 232 Å². The molecule has 0 aromatic rings. The molecule has 0 spiro atoms. The average molecular weight is 616 g/mol. The van der Waals surface area contributed by atoms with Crippen molar-refractivity contribution >= 4 is 31.2 Å². The van der Waals surface area contributed by atoms with Gasteiger partial charge in [0, 0.05) is 0 Å². The molecule has 0 radical (unpaired) electrons. The zero-order chi connectivity index (χ0) is 29.0. The summed E-state index contributed by atoms with van der Waals surface area (Å²) in [5.41, 5.74) is -0.322. The second-order valence-corrected chi connectivity index (χ2v) is 15.8. The summed E-state index contributed by atoms with van der Waals surface area (Å²) >= 11 is 0. The van der Waals surface area contributed by atoms with Gasteiger partial charge in [0.05, 0.1) is 6.61 Å². The van der Waals surface area contributed by atoms with E-state index >= 15 is 0 Å². The van der Waals surface area contributed by atoms with E-state index in [2.05, 4.69) is 29.1 Å². The molecule has 4 rings (SSSR count). The Morgan fingerprint density at radius 1 is 0.795 bits per heavy atom. The normalized spacial score (nSPS) is 41.8. The lowest BCUT2D eigenvalue weighted by Gasteiger charge is -2.62. The van der Waals surface area contributed by atoms with E-state index in [1.54, 1.807) is 0 Å². The molecule has 0 aromatic carbocycles. The molecule has 4 fully saturated rings. The van der Waals surface area contributed by atoms with Crippen molar-refractivity contribution in [3.8, 4) is 0 Å². The molecule has 0 aliphatic heterocycles. The van der Waals surface area contributed by atoms with Crippen LogP contribution in [0.3, 0.4) is 0 Å². The number of hydrogen-bond donors (Lipinski definition) is 0. The molecular formula is C24H39O12S3-3. The van der Waals surface area contributed by atoms with Crippen molar-refractivity contribution in [3.05, 3.63) is 0 Å². The molecular weight excluding hydrogens is 576 g/mol. The summed E-state index contributed by atoms with van der Waals surface area (Å²) in [7, 11) is -15.0. The van der Waals surface area contributed by atoms with Crippen molar-refractivity contribution in [1.82, 2.24) is 0 Å². The van der Waals surface area contributed by atoms with E-state index in [1.807, 2.05) is 0 Å². The van der Waals surface area contributed by atoms with Gasteiger partial charge in [-0.2, -0.15) is 0 Å². The maximum absolute atomic E-state index is 11.5. The quantitative estimate of drug-likeness (QED) is 0.198. The molecule has 0 N–H and O–H groups in total. The lowest BCUT2D eigenvalue weighted by Crippen LogP contribution is -2.57. The Kier molecular flexibility index (Phi) is 8.92. The van der Waals surface area contributed by atoms with Crippen LogP contribution in [-0.2, 0) is 43.7 Å². The first kappa shape index (κ1) is 31.5. The molecule has 4 aliphatic rings. The summed E-state index contributed by atoms with van der Waals surface area (Å²) in [5.74, 6) is 1.80. The van der Waals surface area contributed by atoms with Crippen LogP contribution in [0.4, 0.5) is 0 Å². The Morgan fingerprint density at radius 2 is 1.41 bits per heavy atom. The third-order valence-corrected chi connectivity index (χ3v) is 12.3. The molecule has 39 heavy (non-hydrogen) atoms. The van der Waals surface area contributed by atoms with Crippen molar-refractivity contribution in [2.45, 2.75) is 97.2 Å². The fourth-order valence-electron chi connectivity index (χ4n) is 9.48. The zero-order valence-electron chi connectivity index (χ0n) is 22.5. The van der Waals surface area contributed by atoms with E-state index < -0.39 is 48.8 Å². The third kappa shape index (κ3) is 6.99. The average Bonchev–Trinajstić information content (AvgIpc) is 3.12. The summed E-state index contributed by atoms with van der Waals surface area (Å²) < 4.78 is 114. The van der Waals surface area contributed by atoms with Crippen molar-refractivity contribution < 1.29 is 51.5 Å². The number of fused-ring (bicyclic) bond motifs is 5. The summed E-state index contributed by atoms with van der Waals surface area (Å²) in [6, 6.07) is 0. The smallest absolute Gasteiger partial charge is 0.217 e. The fourth-order valence-corrected chi connectivity index (χ4v) is 10.8. The van der Waals surface area contributed by atoms with Crippen LogP contribution in [0, 0.1) is 46.3 Å². The van der Waals surface area contributed by atoms with Crippen LogP contribution in [0.15, 0.2) is 0 Å². The highest BCUT2D eigenvalue weighted by Gasteiger charge is 2.62. The summed E-state index contributed by atoms with van der Waals surface area (Å²) in [5, 5.41) is 0. The highest BCUT2D eigenvalue weighted by molar-refractivity contribution is 7.81. The summed E-state index contributed by atoms with van der Waals surface area (Å²) in [4.78, 5) is 0. The molecule has 0 bridgehead atoms. The molecule has 0 heterocycles. The highest BCUT2D eigenvalue weighted by atomic mass is 32.3. The monoisotopic (exact) mass is 615 g/mol. The van der Waals surface area contributed by atoms with Crippen LogP contribution in [0.2, 0.25) is 0 Å². The molecule has 4 aliphatic carbocycles. The first-order valence-electron chi connectivity index (χ1n) is 13.7. The van der Waals surface area contributed by atoms with Gasteiger partial charge in [-0.3, -0.25) is 12.5 Å². The summed E-state index contributed by atoms with van der Waals surface area (Å²) in [6.45, 7) is 6.47. The number of rotatable bonds is 10. The largest absolute Gasteiger partial charge is 0.726 e. The van der Waals surface area contributed by atoms with Crippen LogP contribution in [-0.4, -0.2) is 57.7 Å². The van der Waals surface area contributed by atoms with E-state index in [0.717, 1.165) is 44.9 Å². The van der Waals surface area contributed by atoms with Crippen LogP contribution < -0.4 is 0 Å². The van der Waals surface area contributed by atoms with Gasteiger partial charge >= 0.3 is 0 Å².